The quantitative estimate of drug-likeness (QED) is 0.600. The van der Waals surface area contributed by atoms with E-state index in [2.05, 4.69) is 48.4 Å². The molecule has 0 N–H and O–H groups in total. The molecule has 32 heavy (non-hydrogen) atoms. The minimum Gasteiger partial charge on any atom is -0.341 e. The van der Waals surface area contributed by atoms with Gasteiger partial charge in [0.25, 0.3) is 5.91 Å². The van der Waals surface area contributed by atoms with Crippen LogP contribution >= 0.6 is 0 Å². The first-order valence-corrected chi connectivity index (χ1v) is 11.3. The van der Waals surface area contributed by atoms with E-state index in [4.69, 9.17) is 0 Å². The van der Waals surface area contributed by atoms with Gasteiger partial charge in [-0.05, 0) is 35.6 Å². The molecule has 166 valence electrons. The van der Waals surface area contributed by atoms with E-state index >= 15 is 0 Å². The highest BCUT2D eigenvalue weighted by molar-refractivity contribution is 5.93. The maximum atomic E-state index is 13.3. The topological polar surface area (TPSA) is 58.4 Å². The summed E-state index contributed by atoms with van der Waals surface area (Å²) >= 11 is 0. The lowest BCUT2D eigenvalue weighted by Crippen LogP contribution is -2.38. The monoisotopic (exact) mass is 430 g/mol. The highest BCUT2D eigenvalue weighted by atomic mass is 16.2. The molecule has 0 bridgehead atoms. The second-order valence-electron chi connectivity index (χ2n) is 8.42. The number of nitrogens with zero attached hydrogens (tertiary/aromatic N) is 4. The van der Waals surface area contributed by atoms with Crippen molar-refractivity contribution in [2.45, 2.75) is 19.8 Å². The molecule has 0 radical (unpaired) electrons. The molecule has 6 heteroatoms. The largest absolute Gasteiger partial charge is 0.341 e. The van der Waals surface area contributed by atoms with Crippen molar-refractivity contribution in [3.05, 3.63) is 78.1 Å². The predicted molar refractivity (Wildman–Crippen MR) is 125 cm³/mol. The van der Waals surface area contributed by atoms with Crippen molar-refractivity contribution in [2.24, 2.45) is 13.0 Å². The fraction of sp³-hybridized carbons (Fsp3) is 0.346. The summed E-state index contributed by atoms with van der Waals surface area (Å²) in [5.41, 5.74) is 3.86. The fourth-order valence-corrected chi connectivity index (χ4v) is 4.31. The van der Waals surface area contributed by atoms with Gasteiger partial charge in [-0.1, -0.05) is 61.5 Å². The molecular weight excluding hydrogens is 400 g/mol. The number of aromatic nitrogens is 2. The van der Waals surface area contributed by atoms with Crippen molar-refractivity contribution in [3.63, 3.8) is 0 Å². The second kappa shape index (κ2) is 9.81. The van der Waals surface area contributed by atoms with Crippen LogP contribution in [0.1, 0.15) is 29.4 Å². The van der Waals surface area contributed by atoms with Crippen LogP contribution < -0.4 is 0 Å². The lowest BCUT2D eigenvalue weighted by Gasteiger charge is -2.23. The normalized spacial score (nSPS) is 16.8. The third kappa shape index (κ3) is 4.90. The number of rotatable bonds is 6. The standard InChI is InChI=1S/C26H30N4O2/c1-3-14-29-16-17-30(26(32)24-13-15-28(2)27-24)19-23(25(29)31)18-20-9-11-22(12-10-20)21-7-5-4-6-8-21/h4-13,15,23H,3,14,16-19H2,1-2H3/t23-/m1/s1. The van der Waals surface area contributed by atoms with Gasteiger partial charge in [0.05, 0.1) is 5.92 Å². The zero-order valence-corrected chi connectivity index (χ0v) is 18.8. The average Bonchev–Trinajstić information content (AvgIpc) is 3.20. The van der Waals surface area contributed by atoms with Crippen LogP contribution in [-0.2, 0) is 18.3 Å². The average molecular weight is 431 g/mol. The van der Waals surface area contributed by atoms with Crippen LogP contribution in [0.4, 0.5) is 0 Å². The lowest BCUT2D eigenvalue weighted by atomic mass is 9.95. The van der Waals surface area contributed by atoms with Gasteiger partial charge in [-0.3, -0.25) is 14.3 Å². The molecule has 2 heterocycles. The smallest absolute Gasteiger partial charge is 0.274 e. The fourth-order valence-electron chi connectivity index (χ4n) is 4.31. The van der Waals surface area contributed by atoms with Gasteiger partial charge in [0.2, 0.25) is 5.91 Å². The number of carbonyl (C=O) groups is 2. The summed E-state index contributed by atoms with van der Waals surface area (Å²) in [6.07, 6.45) is 3.28. The number of benzene rings is 2. The van der Waals surface area contributed by atoms with E-state index in [-0.39, 0.29) is 17.7 Å². The van der Waals surface area contributed by atoms with E-state index in [1.807, 2.05) is 23.1 Å². The van der Waals surface area contributed by atoms with E-state index in [9.17, 15) is 9.59 Å². The maximum absolute atomic E-state index is 13.3. The molecule has 6 nitrogen and oxygen atoms in total. The molecular formula is C26H30N4O2. The Morgan fingerprint density at radius 2 is 1.72 bits per heavy atom. The number of amides is 2. The van der Waals surface area contributed by atoms with Crippen molar-refractivity contribution in [1.29, 1.82) is 0 Å². The molecule has 1 atom stereocenters. The van der Waals surface area contributed by atoms with E-state index in [0.29, 0.717) is 38.3 Å². The first kappa shape index (κ1) is 21.8. The second-order valence-corrected chi connectivity index (χ2v) is 8.42. The zero-order chi connectivity index (χ0) is 22.5. The van der Waals surface area contributed by atoms with Gasteiger partial charge in [0, 0.05) is 39.4 Å². The van der Waals surface area contributed by atoms with Gasteiger partial charge in [0.1, 0.15) is 5.69 Å². The van der Waals surface area contributed by atoms with Gasteiger partial charge in [-0.2, -0.15) is 5.10 Å². The number of aryl methyl sites for hydroxylation is 1. The minimum absolute atomic E-state index is 0.110. The summed E-state index contributed by atoms with van der Waals surface area (Å²) in [4.78, 5) is 30.1. The Bertz CT molecular complexity index is 1060. The summed E-state index contributed by atoms with van der Waals surface area (Å²) < 4.78 is 1.63. The summed E-state index contributed by atoms with van der Waals surface area (Å²) in [7, 11) is 1.80. The van der Waals surface area contributed by atoms with Crippen molar-refractivity contribution in [2.75, 3.05) is 26.2 Å². The van der Waals surface area contributed by atoms with Crippen molar-refractivity contribution >= 4 is 11.8 Å². The van der Waals surface area contributed by atoms with E-state index in [0.717, 1.165) is 17.5 Å². The molecule has 0 saturated carbocycles. The molecule has 2 aromatic carbocycles. The van der Waals surface area contributed by atoms with Gasteiger partial charge in [-0.25, -0.2) is 0 Å². The molecule has 2 amide bonds. The Hall–Kier alpha value is -3.41. The predicted octanol–water partition coefficient (Wildman–Crippen LogP) is 3.64. The van der Waals surface area contributed by atoms with Crippen LogP contribution in [0.5, 0.6) is 0 Å². The highest BCUT2D eigenvalue weighted by Crippen LogP contribution is 2.23. The first-order valence-electron chi connectivity index (χ1n) is 11.3. The van der Waals surface area contributed by atoms with Gasteiger partial charge in [0.15, 0.2) is 0 Å². The molecule has 0 unspecified atom stereocenters. The molecule has 1 aliphatic rings. The Balaban J connectivity index is 1.53. The van der Waals surface area contributed by atoms with Crippen LogP contribution in [0.2, 0.25) is 0 Å². The highest BCUT2D eigenvalue weighted by Gasteiger charge is 2.32. The zero-order valence-electron chi connectivity index (χ0n) is 18.8. The van der Waals surface area contributed by atoms with Crippen molar-refractivity contribution in [1.82, 2.24) is 19.6 Å². The number of hydrogen-bond donors (Lipinski definition) is 0. The summed E-state index contributed by atoms with van der Waals surface area (Å²) in [6, 6.07) is 20.4. The Kier molecular flexibility index (Phi) is 6.69. The third-order valence-electron chi connectivity index (χ3n) is 6.00. The van der Waals surface area contributed by atoms with Crippen LogP contribution in [-0.4, -0.2) is 57.6 Å². The molecule has 1 aliphatic heterocycles. The molecule has 4 rings (SSSR count). The summed E-state index contributed by atoms with van der Waals surface area (Å²) in [6.45, 7) is 4.30. The summed E-state index contributed by atoms with van der Waals surface area (Å²) in [5.74, 6) is -0.240. The first-order chi connectivity index (χ1) is 15.5. The molecule has 1 fully saturated rings. The van der Waals surface area contributed by atoms with Gasteiger partial charge >= 0.3 is 0 Å². The Labute approximate surface area is 189 Å². The van der Waals surface area contributed by atoms with Crippen molar-refractivity contribution in [3.8, 4) is 11.1 Å². The van der Waals surface area contributed by atoms with Crippen LogP contribution in [0, 0.1) is 5.92 Å². The number of carbonyl (C=O) groups excluding carboxylic acids is 2. The Morgan fingerprint density at radius 3 is 2.38 bits per heavy atom. The maximum Gasteiger partial charge on any atom is 0.274 e. The number of hydrogen-bond acceptors (Lipinski definition) is 3. The van der Waals surface area contributed by atoms with Crippen LogP contribution in [0.25, 0.3) is 11.1 Å². The van der Waals surface area contributed by atoms with Gasteiger partial charge < -0.3 is 9.80 Å². The van der Waals surface area contributed by atoms with E-state index < -0.39 is 0 Å². The van der Waals surface area contributed by atoms with E-state index in [1.165, 1.54) is 5.56 Å². The third-order valence-corrected chi connectivity index (χ3v) is 6.00. The molecule has 1 aromatic heterocycles. The SMILES string of the molecule is CCCN1CCN(C(=O)c2ccn(C)n2)C[C@@H](Cc2ccc(-c3ccccc3)cc2)C1=O. The van der Waals surface area contributed by atoms with Crippen molar-refractivity contribution < 1.29 is 9.59 Å². The lowest BCUT2D eigenvalue weighted by molar-refractivity contribution is -0.134. The minimum atomic E-state index is -0.265. The molecule has 3 aromatic rings. The molecule has 0 spiro atoms. The van der Waals surface area contributed by atoms with E-state index in [1.54, 1.807) is 28.9 Å². The van der Waals surface area contributed by atoms with Gasteiger partial charge in [-0.15, -0.1) is 0 Å². The Morgan fingerprint density at radius 1 is 1.00 bits per heavy atom. The van der Waals surface area contributed by atoms with Crippen LogP contribution in [0.3, 0.4) is 0 Å². The molecule has 0 aliphatic carbocycles. The van der Waals surface area contributed by atoms with Crippen LogP contribution in [0.15, 0.2) is 66.9 Å². The summed E-state index contributed by atoms with van der Waals surface area (Å²) in [5, 5.41) is 4.27. The molecule has 1 saturated heterocycles.